The molecule has 1 aliphatic rings. The smallest absolute Gasteiger partial charge is 0.335 e. The highest BCUT2D eigenvalue weighted by Gasteiger charge is 2.37. The summed E-state index contributed by atoms with van der Waals surface area (Å²) < 4.78 is 16.1. The van der Waals surface area contributed by atoms with E-state index < -0.39 is 17.8 Å². The Morgan fingerprint density at radius 1 is 0.933 bits per heavy atom. The van der Waals surface area contributed by atoms with E-state index in [1.54, 1.807) is 42.5 Å². The number of rotatable bonds is 6. The Kier molecular flexibility index (Phi) is 6.06. The lowest BCUT2D eigenvalue weighted by molar-refractivity contribution is -0.122. The van der Waals surface area contributed by atoms with Crippen molar-refractivity contribution >= 4 is 29.6 Å². The van der Waals surface area contributed by atoms with Gasteiger partial charge in [0.05, 0.1) is 26.0 Å². The van der Waals surface area contributed by atoms with Gasteiger partial charge in [-0.25, -0.2) is 9.69 Å². The fourth-order valence-corrected chi connectivity index (χ4v) is 2.90. The zero-order valence-electron chi connectivity index (χ0n) is 17.1. The second-order valence-electron chi connectivity index (χ2n) is 6.73. The Bertz CT molecular complexity index is 1010. The van der Waals surface area contributed by atoms with Crippen molar-refractivity contribution in [1.29, 1.82) is 0 Å². The second-order valence-corrected chi connectivity index (χ2v) is 6.73. The number of amides is 4. The van der Waals surface area contributed by atoms with Crippen LogP contribution in [0.5, 0.6) is 17.2 Å². The van der Waals surface area contributed by atoms with Crippen molar-refractivity contribution in [2.45, 2.75) is 20.0 Å². The SMILES string of the molecule is COc1ccc(N2C(=O)NC(=O)/C(=C\c3ccc(OC)cc3OC(C)C)C2=O)cc1. The van der Waals surface area contributed by atoms with Crippen molar-refractivity contribution in [2.24, 2.45) is 0 Å². The van der Waals surface area contributed by atoms with Gasteiger partial charge in [0.25, 0.3) is 11.8 Å². The van der Waals surface area contributed by atoms with Crippen molar-refractivity contribution in [2.75, 3.05) is 19.1 Å². The fourth-order valence-electron chi connectivity index (χ4n) is 2.90. The predicted octanol–water partition coefficient (Wildman–Crippen LogP) is 3.16. The van der Waals surface area contributed by atoms with E-state index in [2.05, 4.69) is 5.32 Å². The molecule has 0 aliphatic carbocycles. The largest absolute Gasteiger partial charge is 0.497 e. The average Bonchev–Trinajstić information content (AvgIpc) is 2.71. The first kappa shape index (κ1) is 20.9. The maximum absolute atomic E-state index is 13.0. The predicted molar refractivity (Wildman–Crippen MR) is 111 cm³/mol. The highest BCUT2D eigenvalue weighted by atomic mass is 16.5. The number of methoxy groups -OCH3 is 2. The molecule has 2 aromatic carbocycles. The van der Waals surface area contributed by atoms with Crippen molar-refractivity contribution in [1.82, 2.24) is 5.32 Å². The van der Waals surface area contributed by atoms with Gasteiger partial charge in [0.15, 0.2) is 0 Å². The maximum Gasteiger partial charge on any atom is 0.335 e. The van der Waals surface area contributed by atoms with Gasteiger partial charge in [0.1, 0.15) is 22.8 Å². The number of anilines is 1. The molecule has 0 spiro atoms. The monoisotopic (exact) mass is 410 g/mol. The van der Waals surface area contributed by atoms with Crippen LogP contribution in [0.2, 0.25) is 0 Å². The molecule has 0 radical (unpaired) electrons. The standard InChI is InChI=1S/C22H22N2O6/c1-13(2)30-19-12-17(29-4)8-5-14(19)11-18-20(25)23-22(27)24(21(18)26)15-6-9-16(28-3)10-7-15/h5-13H,1-4H3,(H,23,25,27)/b18-11+. The Morgan fingerprint density at radius 2 is 1.57 bits per heavy atom. The zero-order chi connectivity index (χ0) is 21.8. The summed E-state index contributed by atoms with van der Waals surface area (Å²) in [4.78, 5) is 38.7. The molecule has 1 fully saturated rings. The molecule has 8 nitrogen and oxygen atoms in total. The van der Waals surface area contributed by atoms with Crippen LogP contribution in [0.15, 0.2) is 48.0 Å². The van der Waals surface area contributed by atoms with E-state index in [-0.39, 0.29) is 11.7 Å². The number of imide groups is 2. The van der Waals surface area contributed by atoms with Gasteiger partial charge < -0.3 is 14.2 Å². The van der Waals surface area contributed by atoms with E-state index in [0.29, 0.717) is 28.5 Å². The normalized spacial score (nSPS) is 15.4. The van der Waals surface area contributed by atoms with Crippen LogP contribution in [0.4, 0.5) is 10.5 Å². The Labute approximate surface area is 174 Å². The summed E-state index contributed by atoms with van der Waals surface area (Å²) in [5, 5.41) is 2.20. The second kappa shape index (κ2) is 8.69. The van der Waals surface area contributed by atoms with E-state index >= 15 is 0 Å². The summed E-state index contributed by atoms with van der Waals surface area (Å²) in [5.74, 6) is 0.0816. The van der Waals surface area contributed by atoms with Crippen LogP contribution >= 0.6 is 0 Å². The minimum absolute atomic E-state index is 0.137. The topological polar surface area (TPSA) is 94.2 Å². The first-order valence-corrected chi connectivity index (χ1v) is 9.24. The highest BCUT2D eigenvalue weighted by molar-refractivity contribution is 6.39. The molecule has 8 heteroatoms. The number of hydrogen-bond acceptors (Lipinski definition) is 6. The number of ether oxygens (including phenoxy) is 3. The molecule has 30 heavy (non-hydrogen) atoms. The molecule has 1 saturated heterocycles. The summed E-state index contributed by atoms with van der Waals surface area (Å²) in [6.07, 6.45) is 1.26. The highest BCUT2D eigenvalue weighted by Crippen LogP contribution is 2.30. The number of nitrogens with one attached hydrogen (secondary N) is 1. The number of hydrogen-bond donors (Lipinski definition) is 1. The van der Waals surface area contributed by atoms with Crippen molar-refractivity contribution in [3.63, 3.8) is 0 Å². The average molecular weight is 410 g/mol. The summed E-state index contributed by atoms with van der Waals surface area (Å²) in [6, 6.07) is 10.6. The summed E-state index contributed by atoms with van der Waals surface area (Å²) >= 11 is 0. The Hall–Kier alpha value is -3.81. The molecule has 0 unspecified atom stereocenters. The first-order valence-electron chi connectivity index (χ1n) is 9.24. The molecule has 0 aromatic heterocycles. The van der Waals surface area contributed by atoms with Crippen LogP contribution in [-0.4, -0.2) is 38.2 Å². The van der Waals surface area contributed by atoms with E-state index in [0.717, 1.165) is 4.90 Å². The van der Waals surface area contributed by atoms with Gasteiger partial charge in [-0.05, 0) is 56.3 Å². The molecule has 4 amide bonds. The molecule has 2 aromatic rings. The van der Waals surface area contributed by atoms with E-state index in [9.17, 15) is 14.4 Å². The van der Waals surface area contributed by atoms with Crippen molar-refractivity contribution in [3.05, 3.63) is 53.6 Å². The van der Waals surface area contributed by atoms with Crippen LogP contribution < -0.4 is 24.4 Å². The molecule has 0 bridgehead atoms. The number of barbiturate groups is 1. The third kappa shape index (κ3) is 4.27. The molecule has 3 rings (SSSR count). The number of carbonyl (C=O) groups excluding carboxylic acids is 3. The van der Waals surface area contributed by atoms with E-state index in [4.69, 9.17) is 14.2 Å². The minimum Gasteiger partial charge on any atom is -0.497 e. The third-order valence-corrected chi connectivity index (χ3v) is 4.32. The molecule has 156 valence electrons. The summed E-state index contributed by atoms with van der Waals surface area (Å²) in [7, 11) is 3.04. The quantitative estimate of drug-likeness (QED) is 0.581. The molecule has 1 N–H and O–H groups in total. The van der Waals surface area contributed by atoms with Crippen molar-refractivity contribution in [3.8, 4) is 17.2 Å². The van der Waals surface area contributed by atoms with E-state index in [1.165, 1.54) is 20.3 Å². The van der Waals surface area contributed by atoms with Gasteiger partial charge in [-0.1, -0.05) is 0 Å². The lowest BCUT2D eigenvalue weighted by Crippen LogP contribution is -2.54. The lowest BCUT2D eigenvalue weighted by atomic mass is 10.1. The molecular weight excluding hydrogens is 388 g/mol. The number of carbonyl (C=O) groups is 3. The summed E-state index contributed by atoms with van der Waals surface area (Å²) in [6.45, 7) is 3.72. The van der Waals surface area contributed by atoms with Crippen LogP contribution in [0, 0.1) is 0 Å². The molecule has 0 atom stereocenters. The first-order chi connectivity index (χ1) is 14.3. The van der Waals surface area contributed by atoms with Crippen LogP contribution in [0.1, 0.15) is 19.4 Å². The van der Waals surface area contributed by atoms with Gasteiger partial charge in [-0.2, -0.15) is 0 Å². The summed E-state index contributed by atoms with van der Waals surface area (Å²) in [5.41, 5.74) is 0.626. The number of urea groups is 1. The van der Waals surface area contributed by atoms with Gasteiger partial charge in [-0.15, -0.1) is 0 Å². The Balaban J connectivity index is 2.02. The van der Waals surface area contributed by atoms with Gasteiger partial charge in [0, 0.05) is 11.6 Å². The van der Waals surface area contributed by atoms with Gasteiger partial charge in [-0.3, -0.25) is 14.9 Å². The van der Waals surface area contributed by atoms with Crippen LogP contribution in [0.3, 0.4) is 0 Å². The molecular formula is C22H22N2O6. The third-order valence-electron chi connectivity index (χ3n) is 4.32. The van der Waals surface area contributed by atoms with Crippen LogP contribution in [0.25, 0.3) is 6.08 Å². The Morgan fingerprint density at radius 3 is 2.17 bits per heavy atom. The van der Waals surface area contributed by atoms with E-state index in [1.807, 2.05) is 13.8 Å². The lowest BCUT2D eigenvalue weighted by Gasteiger charge is -2.26. The molecule has 1 aliphatic heterocycles. The van der Waals surface area contributed by atoms with Gasteiger partial charge in [0.2, 0.25) is 0 Å². The molecule has 1 heterocycles. The fraction of sp³-hybridized carbons (Fsp3) is 0.227. The maximum atomic E-state index is 13.0. The zero-order valence-corrected chi connectivity index (χ0v) is 17.1. The number of benzene rings is 2. The van der Waals surface area contributed by atoms with Crippen molar-refractivity contribution < 1.29 is 28.6 Å². The number of nitrogens with zero attached hydrogens (tertiary/aromatic N) is 1. The van der Waals surface area contributed by atoms with Crippen LogP contribution in [-0.2, 0) is 9.59 Å². The molecule has 0 saturated carbocycles. The minimum atomic E-state index is -0.819. The van der Waals surface area contributed by atoms with Gasteiger partial charge >= 0.3 is 6.03 Å².